The molecule has 0 N–H and O–H groups in total. The maximum atomic E-state index is 12.3. The molecule has 0 saturated heterocycles. The van der Waals surface area contributed by atoms with Crippen LogP contribution in [0.3, 0.4) is 0 Å². The Bertz CT molecular complexity index is 588. The van der Waals surface area contributed by atoms with E-state index < -0.39 is 17.5 Å². The first-order valence-corrected chi connectivity index (χ1v) is 6.22. The highest BCUT2D eigenvalue weighted by Crippen LogP contribution is 2.25. The van der Waals surface area contributed by atoms with Crippen LogP contribution in [0.15, 0.2) is 36.4 Å². The van der Waals surface area contributed by atoms with Crippen LogP contribution in [0.5, 0.6) is 0 Å². The van der Waals surface area contributed by atoms with E-state index in [0.717, 1.165) is 0 Å². The van der Waals surface area contributed by atoms with Gasteiger partial charge in [0.2, 0.25) is 11.6 Å². The van der Waals surface area contributed by atoms with Gasteiger partial charge in [0.05, 0.1) is 0 Å². The summed E-state index contributed by atoms with van der Waals surface area (Å²) in [4.78, 5) is 36.2. The van der Waals surface area contributed by atoms with Crippen molar-refractivity contribution >= 4 is 17.3 Å². The van der Waals surface area contributed by atoms with E-state index in [9.17, 15) is 14.4 Å². The molecule has 0 bridgehead atoms. The molecule has 3 nitrogen and oxygen atoms in total. The molecule has 0 saturated carbocycles. The van der Waals surface area contributed by atoms with Gasteiger partial charge in [-0.25, -0.2) is 0 Å². The summed E-state index contributed by atoms with van der Waals surface area (Å²) in [5, 5.41) is 0. The normalized spacial score (nSPS) is 19.9. The molecule has 0 amide bonds. The molecule has 19 heavy (non-hydrogen) atoms. The molecule has 1 atom stereocenters. The van der Waals surface area contributed by atoms with E-state index in [1.165, 1.54) is 6.07 Å². The summed E-state index contributed by atoms with van der Waals surface area (Å²) in [6, 6.07) is 6.48. The standard InChI is InChI=1S/C16H16O3/c1-16(2,3)9-8-12-13(17)10-6-4-5-7-11(10)14(18)15(12)19/h4-9,12H,1-3H3. The van der Waals surface area contributed by atoms with Crippen molar-refractivity contribution in [1.82, 2.24) is 0 Å². The first kappa shape index (κ1) is 13.4. The van der Waals surface area contributed by atoms with Gasteiger partial charge in [0.1, 0.15) is 5.92 Å². The van der Waals surface area contributed by atoms with Crippen LogP contribution in [0.2, 0.25) is 0 Å². The molecule has 0 aliphatic heterocycles. The summed E-state index contributed by atoms with van der Waals surface area (Å²) in [6.45, 7) is 5.91. The number of allylic oxidation sites excluding steroid dienone is 2. The molecule has 0 fully saturated rings. The van der Waals surface area contributed by atoms with E-state index in [0.29, 0.717) is 5.56 Å². The lowest BCUT2D eigenvalue weighted by Gasteiger charge is -2.20. The van der Waals surface area contributed by atoms with Crippen LogP contribution in [0.25, 0.3) is 0 Å². The Balaban J connectivity index is 2.45. The number of ketones is 3. The Labute approximate surface area is 112 Å². The van der Waals surface area contributed by atoms with Crippen molar-refractivity contribution in [2.75, 3.05) is 0 Å². The van der Waals surface area contributed by atoms with Crippen LogP contribution in [-0.4, -0.2) is 17.3 Å². The second-order valence-electron chi connectivity index (χ2n) is 5.81. The number of hydrogen-bond acceptors (Lipinski definition) is 3. The summed E-state index contributed by atoms with van der Waals surface area (Å²) in [5.74, 6) is -2.47. The number of carbonyl (C=O) groups excluding carboxylic acids is 3. The Morgan fingerprint density at radius 3 is 2.11 bits per heavy atom. The van der Waals surface area contributed by atoms with Gasteiger partial charge in [-0.05, 0) is 5.41 Å². The van der Waals surface area contributed by atoms with Crippen molar-refractivity contribution in [3.63, 3.8) is 0 Å². The number of carbonyl (C=O) groups is 3. The first-order valence-electron chi connectivity index (χ1n) is 6.22. The fraction of sp³-hybridized carbons (Fsp3) is 0.312. The molecule has 2 rings (SSSR count). The third kappa shape index (κ3) is 2.55. The highest BCUT2D eigenvalue weighted by molar-refractivity contribution is 6.52. The van der Waals surface area contributed by atoms with Gasteiger partial charge in [0.15, 0.2) is 5.78 Å². The molecule has 1 aromatic rings. The molecule has 3 heteroatoms. The zero-order valence-electron chi connectivity index (χ0n) is 11.3. The molecule has 0 spiro atoms. The molecular weight excluding hydrogens is 240 g/mol. The van der Waals surface area contributed by atoms with Gasteiger partial charge in [-0.15, -0.1) is 0 Å². The molecule has 1 aliphatic carbocycles. The van der Waals surface area contributed by atoms with Crippen molar-refractivity contribution in [2.45, 2.75) is 20.8 Å². The van der Waals surface area contributed by atoms with Gasteiger partial charge in [-0.1, -0.05) is 57.2 Å². The minimum Gasteiger partial charge on any atom is -0.293 e. The van der Waals surface area contributed by atoms with Crippen molar-refractivity contribution in [1.29, 1.82) is 0 Å². The predicted molar refractivity (Wildman–Crippen MR) is 72.2 cm³/mol. The zero-order valence-corrected chi connectivity index (χ0v) is 11.3. The monoisotopic (exact) mass is 256 g/mol. The molecule has 98 valence electrons. The fourth-order valence-electron chi connectivity index (χ4n) is 2.02. The van der Waals surface area contributed by atoms with E-state index >= 15 is 0 Å². The van der Waals surface area contributed by atoms with Crippen molar-refractivity contribution in [2.24, 2.45) is 11.3 Å². The van der Waals surface area contributed by atoms with Crippen LogP contribution in [0.1, 0.15) is 41.5 Å². The third-order valence-electron chi connectivity index (χ3n) is 3.01. The first-order chi connectivity index (χ1) is 8.81. The maximum Gasteiger partial charge on any atom is 0.230 e. The summed E-state index contributed by atoms with van der Waals surface area (Å²) in [7, 11) is 0. The number of Topliss-reactive ketones (excluding diaryl/α,β-unsaturated/α-hetero) is 3. The van der Waals surface area contributed by atoms with E-state index in [1.807, 2.05) is 20.8 Å². The van der Waals surface area contributed by atoms with E-state index in [2.05, 4.69) is 0 Å². The summed E-state index contributed by atoms with van der Waals surface area (Å²) in [5.41, 5.74) is 0.425. The Morgan fingerprint density at radius 2 is 1.53 bits per heavy atom. The van der Waals surface area contributed by atoms with Crippen molar-refractivity contribution < 1.29 is 14.4 Å². The second-order valence-corrected chi connectivity index (χ2v) is 5.81. The molecule has 0 radical (unpaired) electrons. The Morgan fingerprint density at radius 1 is 0.947 bits per heavy atom. The largest absolute Gasteiger partial charge is 0.293 e. The van der Waals surface area contributed by atoms with Gasteiger partial charge >= 0.3 is 0 Å². The van der Waals surface area contributed by atoms with E-state index in [-0.39, 0.29) is 16.8 Å². The topological polar surface area (TPSA) is 51.2 Å². The molecular formula is C16H16O3. The van der Waals surface area contributed by atoms with Crippen molar-refractivity contribution in [3.05, 3.63) is 47.5 Å². The van der Waals surface area contributed by atoms with Crippen molar-refractivity contribution in [3.8, 4) is 0 Å². The van der Waals surface area contributed by atoms with Gasteiger partial charge < -0.3 is 0 Å². The molecule has 1 aliphatic rings. The van der Waals surface area contributed by atoms with Gasteiger partial charge in [-0.3, -0.25) is 14.4 Å². The SMILES string of the molecule is CC(C)(C)C=CC1C(=O)C(=O)c2ccccc2C1=O. The Kier molecular flexibility index (Phi) is 3.23. The smallest absolute Gasteiger partial charge is 0.230 e. The molecule has 0 aromatic heterocycles. The van der Waals surface area contributed by atoms with Crippen LogP contribution in [-0.2, 0) is 4.79 Å². The number of benzene rings is 1. The molecule has 1 unspecified atom stereocenters. The third-order valence-corrected chi connectivity index (χ3v) is 3.01. The van der Waals surface area contributed by atoms with Crippen LogP contribution in [0.4, 0.5) is 0 Å². The Hall–Kier alpha value is -2.03. The predicted octanol–water partition coefficient (Wildman–Crippen LogP) is 2.85. The maximum absolute atomic E-state index is 12.3. The summed E-state index contributed by atoms with van der Waals surface area (Å²) < 4.78 is 0. The second kappa shape index (κ2) is 4.57. The highest BCUT2D eigenvalue weighted by Gasteiger charge is 2.38. The molecule has 1 aromatic carbocycles. The lowest BCUT2D eigenvalue weighted by Crippen LogP contribution is -2.35. The van der Waals surface area contributed by atoms with E-state index in [1.54, 1.807) is 30.4 Å². The zero-order chi connectivity index (χ0) is 14.2. The van der Waals surface area contributed by atoms with Gasteiger partial charge in [-0.2, -0.15) is 0 Å². The van der Waals surface area contributed by atoms with E-state index in [4.69, 9.17) is 0 Å². The summed E-state index contributed by atoms with van der Waals surface area (Å²) in [6.07, 6.45) is 3.35. The van der Waals surface area contributed by atoms with Crippen LogP contribution in [0, 0.1) is 11.3 Å². The molecule has 0 heterocycles. The lowest BCUT2D eigenvalue weighted by atomic mass is 9.79. The van der Waals surface area contributed by atoms with Crippen LogP contribution >= 0.6 is 0 Å². The minimum atomic E-state index is -0.971. The van der Waals surface area contributed by atoms with Gasteiger partial charge in [0.25, 0.3) is 0 Å². The lowest BCUT2D eigenvalue weighted by molar-refractivity contribution is -0.116. The minimum absolute atomic E-state index is 0.138. The average Bonchev–Trinajstić information content (AvgIpc) is 2.35. The number of hydrogen-bond donors (Lipinski definition) is 0. The fourth-order valence-corrected chi connectivity index (χ4v) is 2.02. The quantitative estimate of drug-likeness (QED) is 0.441. The van der Waals surface area contributed by atoms with Gasteiger partial charge in [0, 0.05) is 11.1 Å². The average molecular weight is 256 g/mol. The number of rotatable bonds is 1. The highest BCUT2D eigenvalue weighted by atomic mass is 16.2. The van der Waals surface area contributed by atoms with Crippen LogP contribution < -0.4 is 0 Å². The number of fused-ring (bicyclic) bond motifs is 1. The summed E-state index contributed by atoms with van der Waals surface area (Å²) >= 11 is 0.